The fraction of sp³-hybridized carbons (Fsp3) is 0.533. The number of alkyl halides is 2. The van der Waals surface area contributed by atoms with Crippen molar-refractivity contribution in [2.24, 2.45) is 0 Å². The van der Waals surface area contributed by atoms with Gasteiger partial charge in [0.2, 0.25) is 0 Å². The van der Waals surface area contributed by atoms with Crippen molar-refractivity contribution < 1.29 is 32.9 Å². The number of carbonyl (C=O) groups is 1. The summed E-state index contributed by atoms with van der Waals surface area (Å²) in [5, 5.41) is 8.93. The second-order valence-corrected chi connectivity index (χ2v) is 5.10. The second-order valence-electron chi connectivity index (χ2n) is 5.10. The van der Waals surface area contributed by atoms with E-state index >= 15 is 0 Å². The smallest absolute Gasteiger partial charge is 0.387 e. The van der Waals surface area contributed by atoms with Gasteiger partial charge in [-0.15, -0.1) is 0 Å². The van der Waals surface area contributed by atoms with Gasteiger partial charge in [-0.2, -0.15) is 8.78 Å². The molecule has 1 aromatic carbocycles. The van der Waals surface area contributed by atoms with Crippen LogP contribution in [-0.2, 0) is 9.53 Å². The molecule has 7 heteroatoms. The van der Waals surface area contributed by atoms with E-state index in [4.69, 9.17) is 14.6 Å². The number of rotatable bonds is 10. The van der Waals surface area contributed by atoms with Crippen molar-refractivity contribution in [2.45, 2.75) is 37.9 Å². The lowest BCUT2D eigenvalue weighted by atomic mass is 10.0. The molecule has 2 rings (SSSR count). The van der Waals surface area contributed by atoms with Crippen LogP contribution in [0.25, 0.3) is 0 Å². The van der Waals surface area contributed by atoms with Gasteiger partial charge in [0.05, 0.1) is 13.2 Å². The van der Waals surface area contributed by atoms with Crippen molar-refractivity contribution >= 4 is 5.97 Å². The molecule has 0 aromatic heterocycles. The number of halogens is 2. The Labute approximate surface area is 126 Å². The molecule has 1 fully saturated rings. The first-order chi connectivity index (χ1) is 10.5. The molecule has 1 aromatic rings. The van der Waals surface area contributed by atoms with Crippen LogP contribution in [0.2, 0.25) is 0 Å². The summed E-state index contributed by atoms with van der Waals surface area (Å²) in [6, 6.07) is 5.97. The Bertz CT molecular complexity index is 485. The van der Waals surface area contributed by atoms with Crippen LogP contribution in [0.5, 0.6) is 11.5 Å². The maximum absolute atomic E-state index is 12.0. The maximum Gasteiger partial charge on any atom is 0.387 e. The van der Waals surface area contributed by atoms with Gasteiger partial charge in [0, 0.05) is 0 Å². The van der Waals surface area contributed by atoms with E-state index in [1.165, 1.54) is 12.1 Å². The summed E-state index contributed by atoms with van der Waals surface area (Å²) >= 11 is 0. The van der Waals surface area contributed by atoms with Crippen molar-refractivity contribution in [2.75, 3.05) is 13.2 Å². The Morgan fingerprint density at radius 2 is 1.86 bits per heavy atom. The molecule has 1 aliphatic heterocycles. The highest BCUT2D eigenvalue weighted by Gasteiger charge is 2.51. The van der Waals surface area contributed by atoms with E-state index < -0.39 is 18.2 Å². The third-order valence-electron chi connectivity index (χ3n) is 3.43. The van der Waals surface area contributed by atoms with E-state index in [1.54, 1.807) is 12.1 Å². The van der Waals surface area contributed by atoms with Gasteiger partial charge in [-0.1, -0.05) is 0 Å². The maximum atomic E-state index is 12.0. The molecule has 1 unspecified atom stereocenters. The molecule has 1 N–H and O–H groups in total. The van der Waals surface area contributed by atoms with Crippen molar-refractivity contribution in [3.63, 3.8) is 0 Å². The number of hydrogen-bond acceptors (Lipinski definition) is 4. The van der Waals surface area contributed by atoms with E-state index in [2.05, 4.69) is 4.74 Å². The van der Waals surface area contributed by atoms with Crippen molar-refractivity contribution in [3.8, 4) is 11.5 Å². The third-order valence-corrected chi connectivity index (χ3v) is 3.43. The molecule has 1 heterocycles. The number of carboxylic acid groups (broad SMARTS) is 1. The van der Waals surface area contributed by atoms with Crippen LogP contribution in [0.3, 0.4) is 0 Å². The summed E-state index contributed by atoms with van der Waals surface area (Å²) < 4.78 is 38.6. The number of ether oxygens (including phenoxy) is 3. The Morgan fingerprint density at radius 3 is 2.41 bits per heavy atom. The first-order valence-corrected chi connectivity index (χ1v) is 7.07. The van der Waals surface area contributed by atoms with Crippen LogP contribution in [0.15, 0.2) is 24.3 Å². The summed E-state index contributed by atoms with van der Waals surface area (Å²) in [6.07, 6.45) is 2.90. The predicted octanol–water partition coefficient (Wildman–Crippen LogP) is 3.08. The molecule has 1 aliphatic rings. The highest BCUT2D eigenvalue weighted by atomic mass is 19.3. The van der Waals surface area contributed by atoms with E-state index in [9.17, 15) is 13.6 Å². The van der Waals surface area contributed by atoms with E-state index in [0.29, 0.717) is 25.4 Å². The summed E-state index contributed by atoms with van der Waals surface area (Å²) in [4.78, 5) is 10.9. The number of epoxide rings is 1. The molecule has 1 atom stereocenters. The standard InChI is InChI=1S/C15H18F2O5/c16-14(17)22-12-6-4-11(5-7-12)20-9-3-1-2-8-15(10-21-15)13(18)19/h4-7,14H,1-3,8-10H2,(H,18,19). The summed E-state index contributed by atoms with van der Waals surface area (Å²) in [7, 11) is 0. The number of hydrogen-bond donors (Lipinski definition) is 1. The molecule has 22 heavy (non-hydrogen) atoms. The summed E-state index contributed by atoms with van der Waals surface area (Å²) in [5.41, 5.74) is -0.943. The van der Waals surface area contributed by atoms with Crippen LogP contribution in [0.4, 0.5) is 8.78 Å². The normalized spacial score (nSPS) is 20.0. The van der Waals surface area contributed by atoms with Gasteiger partial charge in [-0.05, 0) is 49.9 Å². The zero-order valence-corrected chi connectivity index (χ0v) is 12.0. The van der Waals surface area contributed by atoms with E-state index in [-0.39, 0.29) is 5.75 Å². The van der Waals surface area contributed by atoms with Gasteiger partial charge in [0.15, 0.2) is 5.60 Å². The Morgan fingerprint density at radius 1 is 1.23 bits per heavy atom. The van der Waals surface area contributed by atoms with E-state index in [0.717, 1.165) is 19.3 Å². The van der Waals surface area contributed by atoms with Crippen molar-refractivity contribution in [1.29, 1.82) is 0 Å². The van der Waals surface area contributed by atoms with Gasteiger partial charge in [-0.25, -0.2) is 4.79 Å². The molecule has 0 saturated carbocycles. The monoisotopic (exact) mass is 316 g/mol. The molecule has 1 saturated heterocycles. The summed E-state index contributed by atoms with van der Waals surface area (Å²) in [6.45, 7) is -2.06. The molecule has 5 nitrogen and oxygen atoms in total. The fourth-order valence-corrected chi connectivity index (χ4v) is 2.06. The fourth-order valence-electron chi connectivity index (χ4n) is 2.06. The van der Waals surface area contributed by atoms with Crippen LogP contribution in [-0.4, -0.2) is 36.5 Å². The number of unbranched alkanes of at least 4 members (excludes halogenated alkanes) is 2. The molecular weight excluding hydrogens is 298 g/mol. The zero-order valence-electron chi connectivity index (χ0n) is 12.0. The Hall–Kier alpha value is -1.89. The number of benzene rings is 1. The molecule has 0 aliphatic carbocycles. The lowest BCUT2D eigenvalue weighted by Gasteiger charge is -2.09. The largest absolute Gasteiger partial charge is 0.494 e. The third kappa shape index (κ3) is 4.84. The minimum absolute atomic E-state index is 0.0887. The lowest BCUT2D eigenvalue weighted by molar-refractivity contribution is -0.143. The predicted molar refractivity (Wildman–Crippen MR) is 73.4 cm³/mol. The Kier molecular flexibility index (Phi) is 5.54. The average Bonchev–Trinajstić information content (AvgIpc) is 3.25. The molecule has 0 radical (unpaired) electrons. The van der Waals surface area contributed by atoms with E-state index in [1.807, 2.05) is 0 Å². The average molecular weight is 316 g/mol. The number of aliphatic carboxylic acids is 1. The van der Waals surface area contributed by atoms with Crippen LogP contribution >= 0.6 is 0 Å². The van der Waals surface area contributed by atoms with Gasteiger partial charge >= 0.3 is 12.6 Å². The SMILES string of the molecule is O=C(O)C1(CCCCCOc2ccc(OC(F)F)cc2)CO1. The van der Waals surface area contributed by atoms with Gasteiger partial charge in [0.25, 0.3) is 0 Å². The van der Waals surface area contributed by atoms with Crippen molar-refractivity contribution in [3.05, 3.63) is 24.3 Å². The molecule has 122 valence electrons. The van der Waals surface area contributed by atoms with Gasteiger partial charge in [-0.3, -0.25) is 0 Å². The molecular formula is C15H18F2O5. The van der Waals surface area contributed by atoms with Crippen molar-refractivity contribution in [1.82, 2.24) is 0 Å². The molecule has 0 bridgehead atoms. The minimum atomic E-state index is -2.84. The van der Waals surface area contributed by atoms with Crippen LogP contribution in [0.1, 0.15) is 25.7 Å². The summed E-state index contributed by atoms with van der Waals surface area (Å²) in [5.74, 6) is -0.227. The van der Waals surface area contributed by atoms with Crippen LogP contribution in [0, 0.1) is 0 Å². The Balaban J connectivity index is 1.58. The zero-order chi connectivity index (χ0) is 16.0. The number of carboxylic acids is 1. The minimum Gasteiger partial charge on any atom is -0.494 e. The molecule has 0 spiro atoms. The van der Waals surface area contributed by atoms with Gasteiger partial charge < -0.3 is 19.3 Å². The second kappa shape index (κ2) is 7.40. The first-order valence-electron chi connectivity index (χ1n) is 7.07. The first kappa shape index (κ1) is 16.5. The van der Waals surface area contributed by atoms with Crippen LogP contribution < -0.4 is 9.47 Å². The topological polar surface area (TPSA) is 68.3 Å². The molecule has 0 amide bonds. The lowest BCUT2D eigenvalue weighted by Crippen LogP contribution is -2.23. The van der Waals surface area contributed by atoms with Gasteiger partial charge in [0.1, 0.15) is 11.5 Å². The highest BCUT2D eigenvalue weighted by molar-refractivity contribution is 5.80. The highest BCUT2D eigenvalue weighted by Crippen LogP contribution is 2.33. The quantitative estimate of drug-likeness (QED) is 0.531.